The Morgan fingerprint density at radius 1 is 1.22 bits per heavy atom. The highest BCUT2D eigenvalue weighted by molar-refractivity contribution is 5.77. The van der Waals surface area contributed by atoms with Gasteiger partial charge in [0, 0.05) is 13.1 Å². The summed E-state index contributed by atoms with van der Waals surface area (Å²) < 4.78 is 5.09. The lowest BCUT2D eigenvalue weighted by molar-refractivity contribution is -0.138. The fourth-order valence-corrected chi connectivity index (χ4v) is 1.72. The summed E-state index contributed by atoms with van der Waals surface area (Å²) in [6, 6.07) is 8.61. The number of hydrogen-bond donors (Lipinski definition) is 3. The average Bonchev–Trinajstić information content (AvgIpc) is 2.45. The van der Waals surface area contributed by atoms with Crippen LogP contribution in [0.5, 0.6) is 0 Å². The number of nitrogens with one attached hydrogen (secondary N) is 2. The molecule has 0 aromatic heterocycles. The summed E-state index contributed by atoms with van der Waals surface area (Å²) in [4.78, 5) is 22.7. The molecular weight excluding hydrogens is 296 g/mol. The van der Waals surface area contributed by atoms with Crippen molar-refractivity contribution in [3.05, 3.63) is 42.0 Å². The number of alkyl carbamates (subject to hydrolysis) is 1. The van der Waals surface area contributed by atoms with E-state index in [1.807, 2.05) is 30.3 Å². The van der Waals surface area contributed by atoms with E-state index in [-0.39, 0.29) is 6.54 Å². The van der Waals surface area contributed by atoms with Crippen LogP contribution >= 0.6 is 0 Å². The maximum Gasteiger partial charge on any atom is 0.407 e. The molecule has 126 valence electrons. The molecule has 0 heterocycles. The van der Waals surface area contributed by atoms with Crippen molar-refractivity contribution in [3.8, 4) is 0 Å². The van der Waals surface area contributed by atoms with E-state index in [1.165, 1.54) is 0 Å². The summed E-state index contributed by atoms with van der Waals surface area (Å²) in [6.45, 7) is 5.92. The predicted octanol–water partition coefficient (Wildman–Crippen LogP) is 2.27. The van der Waals surface area contributed by atoms with Crippen LogP contribution in [0.1, 0.15) is 26.3 Å². The van der Waals surface area contributed by atoms with Crippen LogP contribution in [0.4, 0.5) is 4.79 Å². The third-order valence-electron chi connectivity index (χ3n) is 2.70. The zero-order valence-electron chi connectivity index (χ0n) is 13.7. The summed E-state index contributed by atoms with van der Waals surface area (Å²) in [5.41, 5.74) is 0.368. The van der Waals surface area contributed by atoms with E-state index in [1.54, 1.807) is 32.9 Å². The third kappa shape index (κ3) is 8.63. The van der Waals surface area contributed by atoms with Gasteiger partial charge in [-0.05, 0) is 26.3 Å². The Hall–Kier alpha value is -2.34. The molecule has 1 aromatic carbocycles. The molecule has 1 unspecified atom stereocenters. The first-order valence-electron chi connectivity index (χ1n) is 7.44. The van der Waals surface area contributed by atoms with Crippen molar-refractivity contribution in [1.29, 1.82) is 0 Å². The van der Waals surface area contributed by atoms with Crippen molar-refractivity contribution in [1.82, 2.24) is 10.6 Å². The first-order valence-corrected chi connectivity index (χ1v) is 7.44. The van der Waals surface area contributed by atoms with E-state index in [0.717, 1.165) is 5.56 Å². The van der Waals surface area contributed by atoms with E-state index < -0.39 is 23.7 Å². The van der Waals surface area contributed by atoms with Gasteiger partial charge in [-0.25, -0.2) is 4.79 Å². The Kier molecular flexibility index (Phi) is 7.28. The van der Waals surface area contributed by atoms with Gasteiger partial charge in [0.2, 0.25) is 0 Å². The molecule has 3 N–H and O–H groups in total. The number of carbonyl (C=O) groups is 2. The lowest BCUT2D eigenvalue weighted by Gasteiger charge is -2.20. The molecule has 1 amide bonds. The van der Waals surface area contributed by atoms with E-state index >= 15 is 0 Å². The van der Waals surface area contributed by atoms with Gasteiger partial charge in [0.15, 0.2) is 0 Å². The van der Waals surface area contributed by atoms with Crippen LogP contribution < -0.4 is 10.6 Å². The van der Waals surface area contributed by atoms with Crippen LogP contribution in [-0.4, -0.2) is 41.9 Å². The number of carbonyl (C=O) groups excluding carboxylic acids is 1. The molecule has 0 aliphatic rings. The Morgan fingerprint density at radius 2 is 1.87 bits per heavy atom. The molecule has 1 atom stereocenters. The van der Waals surface area contributed by atoms with Crippen molar-refractivity contribution >= 4 is 18.1 Å². The molecule has 0 saturated carbocycles. The molecule has 0 aliphatic carbocycles. The molecular formula is C17H24N2O4. The first kappa shape index (κ1) is 18.7. The maximum atomic E-state index is 11.5. The van der Waals surface area contributed by atoms with Crippen LogP contribution in [0.2, 0.25) is 0 Å². The van der Waals surface area contributed by atoms with Gasteiger partial charge in [0.05, 0.1) is 0 Å². The van der Waals surface area contributed by atoms with Crippen LogP contribution in [0, 0.1) is 0 Å². The summed E-state index contributed by atoms with van der Waals surface area (Å²) in [6.07, 6.45) is 2.80. The van der Waals surface area contributed by atoms with Crippen LogP contribution in [0.15, 0.2) is 36.4 Å². The second-order valence-corrected chi connectivity index (χ2v) is 5.97. The first-order chi connectivity index (χ1) is 10.8. The number of ether oxygens (including phenoxy) is 1. The molecule has 0 spiro atoms. The Balaban J connectivity index is 2.38. The van der Waals surface area contributed by atoms with Crippen LogP contribution in [0.3, 0.4) is 0 Å². The predicted molar refractivity (Wildman–Crippen MR) is 89.1 cm³/mol. The average molecular weight is 320 g/mol. The van der Waals surface area contributed by atoms with E-state index in [2.05, 4.69) is 10.6 Å². The fraction of sp³-hybridized carbons (Fsp3) is 0.412. The molecule has 0 aliphatic heterocycles. The molecule has 0 fully saturated rings. The number of carboxylic acid groups (broad SMARTS) is 1. The van der Waals surface area contributed by atoms with Gasteiger partial charge in [-0.2, -0.15) is 0 Å². The fourth-order valence-electron chi connectivity index (χ4n) is 1.72. The minimum Gasteiger partial charge on any atom is -0.480 e. The molecule has 1 rings (SSSR count). The monoisotopic (exact) mass is 320 g/mol. The quantitative estimate of drug-likeness (QED) is 0.671. The second kappa shape index (κ2) is 8.95. The molecule has 1 aromatic rings. The zero-order valence-corrected chi connectivity index (χ0v) is 13.7. The lowest BCUT2D eigenvalue weighted by Crippen LogP contribution is -2.41. The second-order valence-electron chi connectivity index (χ2n) is 5.97. The van der Waals surface area contributed by atoms with Crippen molar-refractivity contribution in [3.63, 3.8) is 0 Å². The molecule has 23 heavy (non-hydrogen) atoms. The highest BCUT2D eigenvalue weighted by atomic mass is 16.6. The Labute approximate surface area is 136 Å². The van der Waals surface area contributed by atoms with Crippen molar-refractivity contribution in [2.45, 2.75) is 32.4 Å². The number of hydrogen-bond acceptors (Lipinski definition) is 4. The van der Waals surface area contributed by atoms with Crippen LogP contribution in [-0.2, 0) is 9.53 Å². The highest BCUT2D eigenvalue weighted by Gasteiger charge is 2.16. The molecule has 0 saturated heterocycles. The molecule has 6 nitrogen and oxygen atoms in total. The van der Waals surface area contributed by atoms with Gasteiger partial charge < -0.3 is 15.2 Å². The van der Waals surface area contributed by atoms with Gasteiger partial charge >= 0.3 is 12.1 Å². The standard InChI is InChI=1S/C17H24N2O4/c1-17(2,3)23-16(22)19-12-11-18-14(15(20)21)10-9-13-7-5-4-6-8-13/h4-10,14,18H,11-12H2,1-3H3,(H,19,22)(H,20,21)/b10-9+. The summed E-state index contributed by atoms with van der Waals surface area (Å²) in [7, 11) is 0. The normalized spacial score (nSPS) is 12.8. The van der Waals surface area contributed by atoms with Crippen LogP contribution in [0.25, 0.3) is 6.08 Å². The van der Waals surface area contributed by atoms with Crippen molar-refractivity contribution in [2.24, 2.45) is 0 Å². The minimum atomic E-state index is -0.977. The topological polar surface area (TPSA) is 87.7 Å². The number of benzene rings is 1. The summed E-state index contributed by atoms with van der Waals surface area (Å²) in [5, 5.41) is 14.6. The SMILES string of the molecule is CC(C)(C)OC(=O)NCCNC(/C=C/c1ccccc1)C(=O)O. The van der Waals surface area contributed by atoms with Crippen molar-refractivity contribution in [2.75, 3.05) is 13.1 Å². The lowest BCUT2D eigenvalue weighted by atomic mass is 10.1. The van der Waals surface area contributed by atoms with Crippen molar-refractivity contribution < 1.29 is 19.4 Å². The zero-order chi connectivity index (χ0) is 17.3. The third-order valence-corrected chi connectivity index (χ3v) is 2.70. The maximum absolute atomic E-state index is 11.5. The smallest absolute Gasteiger partial charge is 0.407 e. The summed E-state index contributed by atoms with van der Waals surface area (Å²) in [5.74, 6) is -0.977. The highest BCUT2D eigenvalue weighted by Crippen LogP contribution is 2.06. The largest absolute Gasteiger partial charge is 0.480 e. The molecule has 0 radical (unpaired) electrons. The molecule has 6 heteroatoms. The van der Waals surface area contributed by atoms with Gasteiger partial charge in [-0.1, -0.05) is 42.5 Å². The molecule has 0 bridgehead atoms. The number of rotatable bonds is 7. The number of carboxylic acids is 1. The summed E-state index contributed by atoms with van der Waals surface area (Å²) >= 11 is 0. The number of aliphatic carboxylic acids is 1. The van der Waals surface area contributed by atoms with Gasteiger partial charge in [0.1, 0.15) is 11.6 Å². The van der Waals surface area contributed by atoms with E-state index in [0.29, 0.717) is 6.54 Å². The minimum absolute atomic E-state index is 0.276. The van der Waals surface area contributed by atoms with E-state index in [4.69, 9.17) is 4.74 Å². The Morgan fingerprint density at radius 3 is 2.43 bits per heavy atom. The Bertz CT molecular complexity index is 535. The number of amides is 1. The van der Waals surface area contributed by atoms with Gasteiger partial charge in [-0.15, -0.1) is 0 Å². The van der Waals surface area contributed by atoms with E-state index in [9.17, 15) is 14.7 Å². The van der Waals surface area contributed by atoms with Gasteiger partial charge in [0.25, 0.3) is 0 Å². The van der Waals surface area contributed by atoms with Gasteiger partial charge in [-0.3, -0.25) is 10.1 Å².